The first-order valence-corrected chi connectivity index (χ1v) is 3.22. The Morgan fingerprint density at radius 3 is 2.56 bits per heavy atom. The molecule has 3 heteroatoms. The van der Waals surface area contributed by atoms with Gasteiger partial charge in [0, 0.05) is 11.5 Å². The summed E-state index contributed by atoms with van der Waals surface area (Å²) in [4.78, 5) is 10.6. The van der Waals surface area contributed by atoms with E-state index in [1.807, 2.05) is 0 Å². The minimum Gasteiger partial charge on any atom is -0.288 e. The van der Waals surface area contributed by atoms with Gasteiger partial charge >= 0.3 is 0 Å². The molecule has 0 fully saturated rings. The highest BCUT2D eigenvalue weighted by atomic mass is 35.5. The standard InChI is InChI=1S/C6H4Cl2O/c7-4-2-1-3-5(9)6(4)8/h1,3H,2H2. The number of allylic oxidation sites excluding steroid dienone is 4. The Bertz CT molecular complexity index is 203. The molecule has 1 nitrogen and oxygen atoms in total. The monoisotopic (exact) mass is 162 g/mol. The third kappa shape index (κ3) is 1.35. The van der Waals surface area contributed by atoms with Gasteiger partial charge in [-0.3, -0.25) is 4.79 Å². The van der Waals surface area contributed by atoms with E-state index in [2.05, 4.69) is 0 Å². The first-order chi connectivity index (χ1) is 4.22. The van der Waals surface area contributed by atoms with E-state index < -0.39 is 0 Å². The van der Waals surface area contributed by atoms with E-state index in [1.165, 1.54) is 6.08 Å². The maximum absolute atomic E-state index is 10.6. The van der Waals surface area contributed by atoms with Crippen LogP contribution in [0.5, 0.6) is 0 Å². The number of hydrogen-bond donors (Lipinski definition) is 0. The maximum Gasteiger partial charge on any atom is 0.198 e. The van der Waals surface area contributed by atoms with Crippen LogP contribution in [0.4, 0.5) is 0 Å². The Morgan fingerprint density at radius 1 is 1.44 bits per heavy atom. The van der Waals surface area contributed by atoms with E-state index in [4.69, 9.17) is 23.2 Å². The van der Waals surface area contributed by atoms with E-state index in [-0.39, 0.29) is 10.8 Å². The molecule has 48 valence electrons. The molecule has 0 radical (unpaired) electrons. The zero-order valence-corrected chi connectivity index (χ0v) is 6.04. The lowest BCUT2D eigenvalue weighted by atomic mass is 10.2. The van der Waals surface area contributed by atoms with Crippen LogP contribution in [0.15, 0.2) is 22.2 Å². The Morgan fingerprint density at radius 2 is 2.11 bits per heavy atom. The van der Waals surface area contributed by atoms with E-state index in [9.17, 15) is 4.79 Å². The molecule has 0 spiro atoms. The van der Waals surface area contributed by atoms with Gasteiger partial charge in [0.15, 0.2) is 5.78 Å². The molecule has 1 aliphatic carbocycles. The molecule has 0 heterocycles. The molecule has 0 aromatic carbocycles. The number of carbonyl (C=O) groups excluding carboxylic acids is 1. The summed E-state index contributed by atoms with van der Waals surface area (Å²) in [6.07, 6.45) is 3.69. The predicted octanol–water partition coefficient (Wildman–Crippen LogP) is 2.20. The average molecular weight is 163 g/mol. The largest absolute Gasteiger partial charge is 0.288 e. The molecule has 9 heavy (non-hydrogen) atoms. The van der Waals surface area contributed by atoms with Gasteiger partial charge in [-0.2, -0.15) is 0 Å². The maximum atomic E-state index is 10.6. The van der Waals surface area contributed by atoms with Crippen molar-refractivity contribution >= 4 is 29.0 Å². The molecule has 1 rings (SSSR count). The minimum absolute atomic E-state index is 0.152. The molecule has 0 atom stereocenters. The average Bonchev–Trinajstić information content (AvgIpc) is 1.83. The topological polar surface area (TPSA) is 17.1 Å². The lowest BCUT2D eigenvalue weighted by Crippen LogP contribution is -1.98. The molecular weight excluding hydrogens is 159 g/mol. The van der Waals surface area contributed by atoms with Crippen molar-refractivity contribution in [1.29, 1.82) is 0 Å². The van der Waals surface area contributed by atoms with Crippen molar-refractivity contribution in [2.45, 2.75) is 6.42 Å². The third-order valence-electron chi connectivity index (χ3n) is 1.02. The Hall–Kier alpha value is -0.270. The van der Waals surface area contributed by atoms with Crippen molar-refractivity contribution in [1.82, 2.24) is 0 Å². The van der Waals surface area contributed by atoms with Crippen molar-refractivity contribution in [3.8, 4) is 0 Å². The van der Waals surface area contributed by atoms with Gasteiger partial charge in [-0.15, -0.1) is 0 Å². The van der Waals surface area contributed by atoms with E-state index in [1.54, 1.807) is 6.08 Å². The van der Waals surface area contributed by atoms with Gasteiger partial charge in [0.2, 0.25) is 0 Å². The van der Waals surface area contributed by atoms with E-state index >= 15 is 0 Å². The first kappa shape index (κ1) is 6.84. The van der Waals surface area contributed by atoms with Crippen LogP contribution in [0.2, 0.25) is 0 Å². The summed E-state index contributed by atoms with van der Waals surface area (Å²) >= 11 is 11.0. The summed E-state index contributed by atoms with van der Waals surface area (Å²) in [6, 6.07) is 0. The molecule has 0 N–H and O–H groups in total. The molecule has 0 aromatic heterocycles. The summed E-state index contributed by atoms with van der Waals surface area (Å²) in [6.45, 7) is 0. The molecule has 0 amide bonds. The molecule has 0 saturated carbocycles. The summed E-state index contributed by atoms with van der Waals surface area (Å²) in [5, 5.41) is 0.586. The van der Waals surface area contributed by atoms with Crippen molar-refractivity contribution in [2.75, 3.05) is 0 Å². The molecule has 0 saturated heterocycles. The lowest BCUT2D eigenvalue weighted by Gasteiger charge is -2.01. The first-order valence-electron chi connectivity index (χ1n) is 2.47. The van der Waals surface area contributed by atoms with Gasteiger partial charge in [-0.05, 0) is 6.08 Å². The Labute approximate surface area is 62.9 Å². The second-order valence-electron chi connectivity index (χ2n) is 1.69. The van der Waals surface area contributed by atoms with Crippen molar-refractivity contribution in [3.05, 3.63) is 22.2 Å². The molecule has 1 aliphatic rings. The summed E-state index contributed by atoms with van der Waals surface area (Å²) in [5.41, 5.74) is 0. The van der Waals surface area contributed by atoms with E-state index in [0.717, 1.165) is 0 Å². The van der Waals surface area contributed by atoms with Crippen LogP contribution in [0.1, 0.15) is 6.42 Å². The molecule has 0 bridgehead atoms. The van der Waals surface area contributed by atoms with Crippen LogP contribution in [-0.2, 0) is 4.79 Å². The van der Waals surface area contributed by atoms with Crippen LogP contribution in [-0.4, -0.2) is 5.78 Å². The number of halogens is 2. The van der Waals surface area contributed by atoms with Gasteiger partial charge in [0.1, 0.15) is 5.03 Å². The number of hydrogen-bond acceptors (Lipinski definition) is 1. The Balaban J connectivity index is 2.92. The summed E-state index contributed by atoms with van der Waals surface area (Å²) < 4.78 is 0. The molecule has 0 aliphatic heterocycles. The Kier molecular flexibility index (Phi) is 1.94. The number of ketones is 1. The fourth-order valence-electron chi connectivity index (χ4n) is 0.566. The van der Waals surface area contributed by atoms with Gasteiger partial charge in [0.25, 0.3) is 0 Å². The fraction of sp³-hybridized carbons (Fsp3) is 0.167. The normalized spacial score (nSPS) is 19.1. The van der Waals surface area contributed by atoms with Crippen molar-refractivity contribution < 1.29 is 4.79 Å². The number of carbonyl (C=O) groups is 1. The third-order valence-corrected chi connectivity index (χ3v) is 1.88. The molecular formula is C6H4Cl2O. The molecule has 0 unspecified atom stereocenters. The quantitative estimate of drug-likeness (QED) is 0.534. The predicted molar refractivity (Wildman–Crippen MR) is 37.5 cm³/mol. The zero-order chi connectivity index (χ0) is 6.85. The van der Waals surface area contributed by atoms with Gasteiger partial charge in [0.05, 0.1) is 0 Å². The lowest BCUT2D eigenvalue weighted by molar-refractivity contribution is -0.110. The SMILES string of the molecule is O=C1C=CCC(Cl)=C1Cl. The van der Waals surface area contributed by atoms with Crippen LogP contribution in [0.25, 0.3) is 0 Å². The highest BCUT2D eigenvalue weighted by Crippen LogP contribution is 2.22. The van der Waals surface area contributed by atoms with Crippen molar-refractivity contribution in [2.24, 2.45) is 0 Å². The smallest absolute Gasteiger partial charge is 0.198 e. The van der Waals surface area contributed by atoms with Gasteiger partial charge < -0.3 is 0 Å². The summed E-state index contributed by atoms with van der Waals surface area (Å²) in [7, 11) is 0. The highest BCUT2D eigenvalue weighted by molar-refractivity contribution is 6.50. The van der Waals surface area contributed by atoms with Crippen molar-refractivity contribution in [3.63, 3.8) is 0 Å². The second kappa shape index (κ2) is 2.54. The fourth-order valence-corrected chi connectivity index (χ4v) is 0.888. The second-order valence-corrected chi connectivity index (χ2v) is 2.52. The van der Waals surface area contributed by atoms with Gasteiger partial charge in [-0.25, -0.2) is 0 Å². The highest BCUT2D eigenvalue weighted by Gasteiger charge is 2.11. The zero-order valence-electron chi connectivity index (χ0n) is 4.53. The van der Waals surface area contributed by atoms with E-state index in [0.29, 0.717) is 11.5 Å². The van der Waals surface area contributed by atoms with Crippen LogP contribution < -0.4 is 0 Å². The van der Waals surface area contributed by atoms with Crippen LogP contribution in [0, 0.1) is 0 Å². The van der Waals surface area contributed by atoms with Gasteiger partial charge in [-0.1, -0.05) is 29.3 Å². The van der Waals surface area contributed by atoms with Crippen LogP contribution in [0.3, 0.4) is 0 Å². The summed E-state index contributed by atoms with van der Waals surface area (Å²) in [5.74, 6) is -0.201. The molecule has 0 aromatic rings. The minimum atomic E-state index is -0.201. The number of rotatable bonds is 0. The van der Waals surface area contributed by atoms with Crippen LogP contribution >= 0.6 is 23.2 Å².